The Morgan fingerprint density at radius 3 is 3.07 bits per heavy atom. The van der Waals surface area contributed by atoms with Gasteiger partial charge in [0.15, 0.2) is 11.5 Å². The summed E-state index contributed by atoms with van der Waals surface area (Å²) in [6.07, 6.45) is 6.55. The molecule has 0 atom stereocenters. The summed E-state index contributed by atoms with van der Waals surface area (Å²) < 4.78 is 1.76. The molecule has 0 radical (unpaired) electrons. The molecule has 0 fully saturated rings. The Morgan fingerprint density at radius 1 is 1.43 bits per heavy atom. The molecule has 0 bridgehead atoms. The second-order valence-electron chi connectivity index (χ2n) is 3.23. The Balaban J connectivity index is 2.42. The van der Waals surface area contributed by atoms with Crippen molar-refractivity contribution in [3.63, 3.8) is 0 Å². The molecule has 74 valence electrons. The zero-order valence-corrected chi connectivity index (χ0v) is 8.14. The lowest BCUT2D eigenvalue weighted by molar-refractivity contribution is 0.741. The number of aryl methyl sites for hydroxylation is 1. The van der Waals surface area contributed by atoms with Gasteiger partial charge in [-0.15, -0.1) is 0 Å². The second kappa shape index (κ2) is 3.61. The van der Waals surface area contributed by atoms with E-state index in [1.807, 2.05) is 6.20 Å². The molecule has 2 aromatic heterocycles. The van der Waals surface area contributed by atoms with Gasteiger partial charge in [-0.1, -0.05) is 13.3 Å². The minimum Gasteiger partial charge on any atom is -0.381 e. The van der Waals surface area contributed by atoms with Crippen LogP contribution in [0.1, 0.15) is 25.5 Å². The molecule has 0 saturated heterocycles. The summed E-state index contributed by atoms with van der Waals surface area (Å²) in [6.45, 7) is 2.16. The number of rotatable bonds is 3. The molecule has 5 heteroatoms. The fourth-order valence-electron chi connectivity index (χ4n) is 1.41. The number of hydrogen-bond donors (Lipinski definition) is 1. The van der Waals surface area contributed by atoms with E-state index in [0.717, 1.165) is 25.0 Å². The van der Waals surface area contributed by atoms with E-state index in [1.165, 1.54) is 6.33 Å². The second-order valence-corrected chi connectivity index (χ2v) is 3.23. The van der Waals surface area contributed by atoms with Gasteiger partial charge in [-0.25, -0.2) is 14.5 Å². The van der Waals surface area contributed by atoms with E-state index in [1.54, 1.807) is 4.52 Å². The maximum atomic E-state index is 5.66. The summed E-state index contributed by atoms with van der Waals surface area (Å²) in [5.74, 6) is 0.433. The highest BCUT2D eigenvalue weighted by Crippen LogP contribution is 2.10. The monoisotopic (exact) mass is 191 g/mol. The zero-order valence-electron chi connectivity index (χ0n) is 8.14. The van der Waals surface area contributed by atoms with Crippen molar-refractivity contribution in [3.05, 3.63) is 18.2 Å². The summed E-state index contributed by atoms with van der Waals surface area (Å²) >= 11 is 0. The summed E-state index contributed by atoms with van der Waals surface area (Å²) in [5, 5.41) is 4.12. The van der Waals surface area contributed by atoms with Crippen LogP contribution in [-0.2, 0) is 6.42 Å². The molecular weight excluding hydrogens is 178 g/mol. The molecule has 0 aliphatic carbocycles. The van der Waals surface area contributed by atoms with Gasteiger partial charge in [0, 0.05) is 0 Å². The van der Waals surface area contributed by atoms with Crippen molar-refractivity contribution in [2.75, 3.05) is 5.73 Å². The highest BCUT2D eigenvalue weighted by Gasteiger charge is 2.06. The quantitative estimate of drug-likeness (QED) is 0.787. The lowest BCUT2D eigenvalue weighted by Gasteiger charge is -1.99. The topological polar surface area (TPSA) is 69.1 Å². The van der Waals surface area contributed by atoms with Crippen molar-refractivity contribution >= 4 is 11.5 Å². The molecule has 0 aliphatic heterocycles. The first-order valence-electron chi connectivity index (χ1n) is 4.76. The van der Waals surface area contributed by atoms with Gasteiger partial charge >= 0.3 is 0 Å². The summed E-state index contributed by atoms with van der Waals surface area (Å²) in [4.78, 5) is 8.07. The van der Waals surface area contributed by atoms with Gasteiger partial charge in [-0.2, -0.15) is 5.10 Å². The van der Waals surface area contributed by atoms with E-state index < -0.39 is 0 Å². The molecule has 0 unspecified atom stereocenters. The number of anilines is 1. The third-order valence-electron chi connectivity index (χ3n) is 2.19. The fourth-order valence-corrected chi connectivity index (χ4v) is 1.41. The van der Waals surface area contributed by atoms with Crippen LogP contribution >= 0.6 is 0 Å². The highest BCUT2D eigenvalue weighted by atomic mass is 15.3. The predicted octanol–water partition coefficient (Wildman–Crippen LogP) is 1.05. The van der Waals surface area contributed by atoms with Crippen LogP contribution < -0.4 is 5.73 Å². The Hall–Kier alpha value is -1.65. The standard InChI is InChI=1S/C9H13N5/c1-2-3-4-7-5-11-9-8(10)12-6-13-14(7)9/h5-6H,2-4H2,1H3,(H2,10,12,13). The van der Waals surface area contributed by atoms with Crippen LogP contribution in [0.3, 0.4) is 0 Å². The van der Waals surface area contributed by atoms with Crippen LogP contribution in [0.5, 0.6) is 0 Å². The average Bonchev–Trinajstić information content (AvgIpc) is 2.60. The summed E-state index contributed by atoms with van der Waals surface area (Å²) in [5.41, 5.74) is 7.41. The largest absolute Gasteiger partial charge is 0.381 e. The lowest BCUT2D eigenvalue weighted by atomic mass is 10.2. The van der Waals surface area contributed by atoms with Crippen LogP contribution in [0.4, 0.5) is 5.82 Å². The third-order valence-corrected chi connectivity index (χ3v) is 2.19. The van der Waals surface area contributed by atoms with Crippen molar-refractivity contribution in [1.82, 2.24) is 19.6 Å². The van der Waals surface area contributed by atoms with Gasteiger partial charge in [-0.05, 0) is 12.8 Å². The van der Waals surface area contributed by atoms with E-state index >= 15 is 0 Å². The molecule has 0 aromatic carbocycles. The number of imidazole rings is 1. The van der Waals surface area contributed by atoms with Gasteiger partial charge in [0.25, 0.3) is 0 Å². The molecule has 0 amide bonds. The molecule has 2 heterocycles. The number of nitrogens with zero attached hydrogens (tertiary/aromatic N) is 4. The number of hydrogen-bond acceptors (Lipinski definition) is 4. The Morgan fingerprint density at radius 2 is 2.29 bits per heavy atom. The van der Waals surface area contributed by atoms with E-state index in [2.05, 4.69) is 22.0 Å². The van der Waals surface area contributed by atoms with Crippen molar-refractivity contribution < 1.29 is 0 Å². The van der Waals surface area contributed by atoms with E-state index in [4.69, 9.17) is 5.73 Å². The van der Waals surface area contributed by atoms with E-state index in [9.17, 15) is 0 Å². The van der Waals surface area contributed by atoms with Gasteiger partial charge in [0.1, 0.15) is 6.33 Å². The molecule has 0 saturated carbocycles. The van der Waals surface area contributed by atoms with Crippen molar-refractivity contribution in [1.29, 1.82) is 0 Å². The van der Waals surface area contributed by atoms with Crippen molar-refractivity contribution in [2.24, 2.45) is 0 Å². The highest BCUT2D eigenvalue weighted by molar-refractivity contribution is 5.58. The van der Waals surface area contributed by atoms with Crippen LogP contribution in [-0.4, -0.2) is 19.6 Å². The first-order chi connectivity index (χ1) is 6.83. The van der Waals surface area contributed by atoms with E-state index in [-0.39, 0.29) is 0 Å². The van der Waals surface area contributed by atoms with Crippen LogP contribution in [0, 0.1) is 0 Å². The van der Waals surface area contributed by atoms with Crippen molar-refractivity contribution in [3.8, 4) is 0 Å². The number of fused-ring (bicyclic) bond motifs is 1. The van der Waals surface area contributed by atoms with Gasteiger partial charge in [-0.3, -0.25) is 0 Å². The summed E-state index contributed by atoms with van der Waals surface area (Å²) in [6, 6.07) is 0. The molecule has 2 rings (SSSR count). The fraction of sp³-hybridized carbons (Fsp3) is 0.444. The SMILES string of the molecule is CCCCc1cnc2c(N)ncnn12. The normalized spacial score (nSPS) is 10.9. The number of aromatic nitrogens is 4. The molecule has 14 heavy (non-hydrogen) atoms. The maximum absolute atomic E-state index is 5.66. The summed E-state index contributed by atoms with van der Waals surface area (Å²) in [7, 11) is 0. The first kappa shape index (κ1) is 8.93. The first-order valence-corrected chi connectivity index (χ1v) is 4.76. The minimum atomic E-state index is 0.433. The van der Waals surface area contributed by atoms with Crippen LogP contribution in [0.2, 0.25) is 0 Å². The molecule has 0 spiro atoms. The average molecular weight is 191 g/mol. The molecule has 2 N–H and O–H groups in total. The third kappa shape index (κ3) is 1.41. The Kier molecular flexibility index (Phi) is 2.30. The van der Waals surface area contributed by atoms with Gasteiger partial charge < -0.3 is 5.73 Å². The van der Waals surface area contributed by atoms with Gasteiger partial charge in [0.2, 0.25) is 0 Å². The Labute approximate surface area is 82.0 Å². The van der Waals surface area contributed by atoms with Crippen LogP contribution in [0.25, 0.3) is 5.65 Å². The molecule has 0 aliphatic rings. The van der Waals surface area contributed by atoms with Crippen molar-refractivity contribution in [2.45, 2.75) is 26.2 Å². The molecular formula is C9H13N5. The predicted molar refractivity (Wildman–Crippen MR) is 53.8 cm³/mol. The van der Waals surface area contributed by atoms with Crippen LogP contribution in [0.15, 0.2) is 12.5 Å². The number of nitrogens with two attached hydrogens (primary N) is 1. The lowest BCUT2D eigenvalue weighted by Crippen LogP contribution is -2.02. The van der Waals surface area contributed by atoms with Gasteiger partial charge in [0.05, 0.1) is 11.9 Å². The molecule has 2 aromatic rings. The number of nitrogen functional groups attached to an aromatic ring is 1. The zero-order chi connectivity index (χ0) is 9.97. The maximum Gasteiger partial charge on any atom is 0.196 e. The molecule has 5 nitrogen and oxygen atoms in total. The minimum absolute atomic E-state index is 0.433. The smallest absolute Gasteiger partial charge is 0.196 e. The number of unbranched alkanes of at least 4 members (excludes halogenated alkanes) is 1. The Bertz CT molecular complexity index is 434. The van der Waals surface area contributed by atoms with E-state index in [0.29, 0.717) is 11.5 Å².